The number of hydrogen-bond donors (Lipinski definition) is 0. The first kappa shape index (κ1) is 11.8. The molecule has 0 aliphatic carbocycles. The van der Waals surface area contributed by atoms with E-state index in [4.69, 9.17) is 11.6 Å². The summed E-state index contributed by atoms with van der Waals surface area (Å²) in [4.78, 5) is 0. The lowest BCUT2D eigenvalue weighted by molar-refractivity contribution is 0.851. The van der Waals surface area contributed by atoms with Crippen LogP contribution in [0.4, 0.5) is 0 Å². The second-order valence-corrected chi connectivity index (χ2v) is 10.6. The first-order valence-electron chi connectivity index (χ1n) is 5.16. The van der Waals surface area contributed by atoms with Crippen molar-refractivity contribution in [2.24, 2.45) is 0 Å². The normalized spacial score (nSPS) is 14.0. The zero-order valence-corrected chi connectivity index (χ0v) is 11.0. The van der Waals surface area contributed by atoms with E-state index in [1.54, 1.807) is 0 Å². The zero-order valence-electron chi connectivity index (χ0n) is 9.26. The Labute approximate surface area is 93.3 Å². The molecule has 0 amide bonds. The highest BCUT2D eigenvalue weighted by Crippen LogP contribution is 2.30. The molecule has 0 aliphatic rings. The average molecular weight is 227 g/mol. The van der Waals surface area contributed by atoms with Crippen molar-refractivity contribution in [1.29, 1.82) is 0 Å². The minimum atomic E-state index is -1.13. The van der Waals surface area contributed by atoms with Gasteiger partial charge < -0.3 is 0 Å². The molecule has 1 rings (SSSR count). The maximum absolute atomic E-state index is 5.87. The molecule has 0 fully saturated rings. The van der Waals surface area contributed by atoms with Crippen LogP contribution in [-0.4, -0.2) is 14.0 Å². The predicted octanol–water partition coefficient (Wildman–Crippen LogP) is 4.28. The highest BCUT2D eigenvalue weighted by Gasteiger charge is 2.27. The van der Waals surface area contributed by atoms with E-state index in [-0.39, 0.29) is 0 Å². The molecule has 2 heteroatoms. The van der Waals surface area contributed by atoms with Crippen LogP contribution in [0.2, 0.25) is 19.6 Å². The van der Waals surface area contributed by atoms with E-state index in [1.165, 1.54) is 5.56 Å². The van der Waals surface area contributed by atoms with Gasteiger partial charge in [-0.3, -0.25) is 0 Å². The second-order valence-electron chi connectivity index (χ2n) is 4.81. The van der Waals surface area contributed by atoms with Gasteiger partial charge in [0.15, 0.2) is 0 Å². The van der Waals surface area contributed by atoms with E-state index in [1.807, 2.05) is 0 Å². The van der Waals surface area contributed by atoms with Gasteiger partial charge in [0.05, 0.1) is 8.07 Å². The van der Waals surface area contributed by atoms with Crippen molar-refractivity contribution < 1.29 is 0 Å². The van der Waals surface area contributed by atoms with E-state index in [0.29, 0.717) is 5.54 Å². The van der Waals surface area contributed by atoms with Crippen LogP contribution in [0.1, 0.15) is 17.5 Å². The Balaban J connectivity index is 2.89. The summed E-state index contributed by atoms with van der Waals surface area (Å²) in [6.45, 7) is 7.24. The van der Waals surface area contributed by atoms with Crippen molar-refractivity contribution in [2.45, 2.75) is 31.6 Å². The molecule has 0 saturated carbocycles. The summed E-state index contributed by atoms with van der Waals surface area (Å²) in [5.74, 6) is 0.768. The molecule has 0 N–H and O–H groups in total. The van der Waals surface area contributed by atoms with Crippen molar-refractivity contribution in [3.63, 3.8) is 0 Å². The molecule has 1 atom stereocenters. The monoisotopic (exact) mass is 226 g/mol. The van der Waals surface area contributed by atoms with Gasteiger partial charge in [-0.2, -0.15) is 0 Å². The Bertz CT molecular complexity index is 263. The maximum atomic E-state index is 5.87. The van der Waals surface area contributed by atoms with Gasteiger partial charge in [-0.1, -0.05) is 50.0 Å². The summed E-state index contributed by atoms with van der Waals surface area (Å²) >= 11 is 5.87. The van der Waals surface area contributed by atoms with Crippen LogP contribution < -0.4 is 0 Å². The number of halogens is 1. The lowest BCUT2D eigenvalue weighted by Crippen LogP contribution is -2.31. The van der Waals surface area contributed by atoms with Crippen molar-refractivity contribution in [1.82, 2.24) is 0 Å². The van der Waals surface area contributed by atoms with Crippen LogP contribution in [0, 0.1) is 0 Å². The predicted molar refractivity (Wildman–Crippen MR) is 67.9 cm³/mol. The summed E-state index contributed by atoms with van der Waals surface area (Å²) in [6.07, 6.45) is 1.11. The molecule has 0 heterocycles. The fourth-order valence-electron chi connectivity index (χ4n) is 1.89. The summed E-state index contributed by atoms with van der Waals surface area (Å²) in [6, 6.07) is 10.8. The Morgan fingerprint density at radius 3 is 2.14 bits per heavy atom. The van der Waals surface area contributed by atoms with Crippen molar-refractivity contribution in [2.75, 3.05) is 5.88 Å². The van der Waals surface area contributed by atoms with Crippen LogP contribution >= 0.6 is 11.6 Å². The highest BCUT2D eigenvalue weighted by atomic mass is 35.5. The fraction of sp³-hybridized carbons (Fsp3) is 0.500. The smallest absolute Gasteiger partial charge is 0.0522 e. The number of hydrogen-bond acceptors (Lipinski definition) is 0. The van der Waals surface area contributed by atoms with Crippen LogP contribution in [0.5, 0.6) is 0 Å². The largest absolute Gasteiger partial charge is 0.127 e. The molecule has 1 aromatic rings. The SMILES string of the molecule is C[Si](C)(C)C(CCCl)c1ccccc1. The molecule has 0 radical (unpaired) electrons. The number of alkyl halides is 1. The van der Waals surface area contributed by atoms with Crippen LogP contribution in [0.25, 0.3) is 0 Å². The Hall–Kier alpha value is -0.273. The quantitative estimate of drug-likeness (QED) is 0.531. The van der Waals surface area contributed by atoms with E-state index >= 15 is 0 Å². The van der Waals surface area contributed by atoms with Gasteiger partial charge in [0.25, 0.3) is 0 Å². The van der Waals surface area contributed by atoms with Gasteiger partial charge in [-0.15, -0.1) is 11.6 Å². The van der Waals surface area contributed by atoms with Gasteiger partial charge in [0.2, 0.25) is 0 Å². The van der Waals surface area contributed by atoms with Crippen LogP contribution in [-0.2, 0) is 0 Å². The Morgan fingerprint density at radius 1 is 1.14 bits per heavy atom. The molecule has 0 bridgehead atoms. The summed E-state index contributed by atoms with van der Waals surface area (Å²) in [5, 5.41) is 0. The summed E-state index contributed by atoms with van der Waals surface area (Å²) in [7, 11) is -1.13. The molecule has 0 aromatic heterocycles. The van der Waals surface area contributed by atoms with Crippen LogP contribution in [0.3, 0.4) is 0 Å². The van der Waals surface area contributed by atoms with Crippen molar-refractivity contribution >= 4 is 19.7 Å². The molecule has 1 aromatic carbocycles. The van der Waals surface area contributed by atoms with E-state index < -0.39 is 8.07 Å². The number of benzene rings is 1. The zero-order chi connectivity index (χ0) is 10.6. The minimum absolute atomic E-state index is 0.696. The third kappa shape index (κ3) is 3.14. The summed E-state index contributed by atoms with van der Waals surface area (Å²) < 4.78 is 0. The van der Waals surface area contributed by atoms with Crippen LogP contribution in [0.15, 0.2) is 30.3 Å². The molecule has 0 spiro atoms. The first-order valence-corrected chi connectivity index (χ1v) is 9.28. The molecule has 0 aliphatic heterocycles. The Morgan fingerprint density at radius 2 is 1.71 bits per heavy atom. The summed E-state index contributed by atoms with van der Waals surface area (Å²) in [5.41, 5.74) is 2.16. The standard InChI is InChI=1S/C12H19ClSi/c1-14(2,3)12(9-10-13)11-7-5-4-6-8-11/h4-8,12H,9-10H2,1-3H3. The van der Waals surface area contributed by atoms with E-state index in [9.17, 15) is 0 Å². The molecule has 0 nitrogen and oxygen atoms in total. The van der Waals surface area contributed by atoms with E-state index in [0.717, 1.165) is 12.3 Å². The van der Waals surface area contributed by atoms with Gasteiger partial charge in [0, 0.05) is 5.88 Å². The fourth-order valence-corrected chi connectivity index (χ4v) is 4.50. The average Bonchev–Trinajstić information content (AvgIpc) is 2.14. The lowest BCUT2D eigenvalue weighted by atomic mass is 10.1. The van der Waals surface area contributed by atoms with Gasteiger partial charge in [-0.05, 0) is 17.5 Å². The molecular weight excluding hydrogens is 208 g/mol. The molecule has 1 unspecified atom stereocenters. The Kier molecular flexibility index (Phi) is 4.21. The van der Waals surface area contributed by atoms with E-state index in [2.05, 4.69) is 50.0 Å². The van der Waals surface area contributed by atoms with Gasteiger partial charge in [0.1, 0.15) is 0 Å². The molecular formula is C12H19ClSi. The topological polar surface area (TPSA) is 0 Å². The molecule has 14 heavy (non-hydrogen) atoms. The molecule has 78 valence electrons. The molecule has 0 saturated heterocycles. The van der Waals surface area contributed by atoms with Gasteiger partial charge in [-0.25, -0.2) is 0 Å². The third-order valence-electron chi connectivity index (χ3n) is 2.65. The second kappa shape index (κ2) is 4.99. The highest BCUT2D eigenvalue weighted by molar-refractivity contribution is 6.77. The number of rotatable bonds is 4. The maximum Gasteiger partial charge on any atom is 0.0522 e. The lowest BCUT2D eigenvalue weighted by Gasteiger charge is -2.28. The first-order chi connectivity index (χ1) is 6.55. The minimum Gasteiger partial charge on any atom is -0.127 e. The van der Waals surface area contributed by atoms with Gasteiger partial charge >= 0.3 is 0 Å². The van der Waals surface area contributed by atoms with Crippen molar-refractivity contribution in [3.05, 3.63) is 35.9 Å². The third-order valence-corrected chi connectivity index (χ3v) is 5.58. The van der Waals surface area contributed by atoms with Crippen molar-refractivity contribution in [3.8, 4) is 0 Å².